The van der Waals surface area contributed by atoms with Crippen LogP contribution in [0, 0.1) is 6.92 Å². The quantitative estimate of drug-likeness (QED) is 0.808. The highest BCUT2D eigenvalue weighted by atomic mass is 32.1. The van der Waals surface area contributed by atoms with Gasteiger partial charge in [0, 0.05) is 10.4 Å². The standard InChI is InChI=1S/C15H28N2S/c1-7-16-14(13-10-12(4)18-11-13)15(5,6)17(8-2)9-3/h10-11,14,16H,7-9H2,1-6H3. The van der Waals surface area contributed by atoms with Crippen LogP contribution in [0.2, 0.25) is 0 Å². The number of hydrogen-bond donors (Lipinski definition) is 1. The van der Waals surface area contributed by atoms with Gasteiger partial charge in [0.15, 0.2) is 0 Å². The van der Waals surface area contributed by atoms with Crippen LogP contribution in [0.15, 0.2) is 11.4 Å². The first-order valence-corrected chi connectivity index (χ1v) is 7.88. The second kappa shape index (κ2) is 6.69. The normalized spacial score (nSPS) is 14.2. The first-order chi connectivity index (χ1) is 8.47. The fourth-order valence-corrected chi connectivity index (χ4v) is 3.55. The third-order valence-electron chi connectivity index (χ3n) is 3.78. The summed E-state index contributed by atoms with van der Waals surface area (Å²) in [7, 11) is 0. The molecule has 0 aromatic carbocycles. The van der Waals surface area contributed by atoms with Gasteiger partial charge in [-0.25, -0.2) is 0 Å². The van der Waals surface area contributed by atoms with Gasteiger partial charge < -0.3 is 5.32 Å². The monoisotopic (exact) mass is 268 g/mol. The van der Waals surface area contributed by atoms with Gasteiger partial charge in [-0.15, -0.1) is 11.3 Å². The van der Waals surface area contributed by atoms with Crippen molar-refractivity contribution in [2.75, 3.05) is 19.6 Å². The van der Waals surface area contributed by atoms with Crippen LogP contribution in [-0.4, -0.2) is 30.1 Å². The van der Waals surface area contributed by atoms with Crippen molar-refractivity contribution in [1.29, 1.82) is 0 Å². The van der Waals surface area contributed by atoms with Crippen molar-refractivity contribution >= 4 is 11.3 Å². The Kier molecular flexibility index (Phi) is 5.83. The van der Waals surface area contributed by atoms with Crippen molar-refractivity contribution in [3.8, 4) is 0 Å². The number of thiophene rings is 1. The second-order valence-electron chi connectivity index (χ2n) is 5.31. The molecular formula is C15H28N2S. The predicted octanol–water partition coefficient (Wildman–Crippen LogP) is 3.83. The van der Waals surface area contributed by atoms with E-state index in [9.17, 15) is 0 Å². The van der Waals surface area contributed by atoms with Gasteiger partial charge in [-0.1, -0.05) is 20.8 Å². The molecule has 1 heterocycles. The minimum atomic E-state index is 0.132. The molecule has 1 atom stereocenters. The van der Waals surface area contributed by atoms with Crippen LogP contribution in [0.25, 0.3) is 0 Å². The van der Waals surface area contributed by atoms with E-state index in [4.69, 9.17) is 0 Å². The molecule has 0 aliphatic carbocycles. The number of rotatable bonds is 7. The molecule has 1 aromatic rings. The van der Waals surface area contributed by atoms with E-state index < -0.39 is 0 Å². The van der Waals surface area contributed by atoms with Crippen LogP contribution in [0.3, 0.4) is 0 Å². The molecular weight excluding hydrogens is 240 g/mol. The number of likely N-dealkylation sites (N-methyl/N-ethyl adjacent to an activating group) is 2. The third-order valence-corrected chi connectivity index (χ3v) is 4.66. The highest BCUT2D eigenvalue weighted by Crippen LogP contribution is 2.33. The van der Waals surface area contributed by atoms with E-state index in [1.165, 1.54) is 10.4 Å². The van der Waals surface area contributed by atoms with Gasteiger partial charge in [-0.05, 0) is 57.4 Å². The molecule has 1 aromatic heterocycles. The van der Waals surface area contributed by atoms with Gasteiger partial charge in [0.2, 0.25) is 0 Å². The molecule has 1 N–H and O–H groups in total. The van der Waals surface area contributed by atoms with E-state index in [1.807, 2.05) is 11.3 Å². The van der Waals surface area contributed by atoms with E-state index in [1.54, 1.807) is 0 Å². The zero-order valence-corrected chi connectivity index (χ0v) is 13.5. The Balaban J connectivity index is 3.03. The van der Waals surface area contributed by atoms with Crippen LogP contribution in [0.5, 0.6) is 0 Å². The third kappa shape index (κ3) is 3.34. The molecule has 1 unspecified atom stereocenters. The SMILES string of the molecule is CCNC(c1csc(C)c1)C(C)(C)N(CC)CC. The highest BCUT2D eigenvalue weighted by Gasteiger charge is 2.34. The summed E-state index contributed by atoms with van der Waals surface area (Å²) in [6, 6.07) is 2.72. The molecule has 1 rings (SSSR count). The molecule has 0 fully saturated rings. The number of hydrogen-bond acceptors (Lipinski definition) is 3. The minimum absolute atomic E-state index is 0.132. The Labute approximate surface area is 116 Å². The summed E-state index contributed by atoms with van der Waals surface area (Å²) in [5.74, 6) is 0. The number of aryl methyl sites for hydroxylation is 1. The van der Waals surface area contributed by atoms with Crippen molar-refractivity contribution in [2.24, 2.45) is 0 Å². The van der Waals surface area contributed by atoms with Gasteiger partial charge in [-0.2, -0.15) is 0 Å². The minimum Gasteiger partial charge on any atom is -0.309 e. The number of nitrogens with one attached hydrogen (secondary N) is 1. The Bertz CT molecular complexity index is 353. The first kappa shape index (κ1) is 15.7. The summed E-state index contributed by atoms with van der Waals surface area (Å²) in [4.78, 5) is 3.93. The Morgan fingerprint density at radius 2 is 1.89 bits per heavy atom. The summed E-state index contributed by atoms with van der Waals surface area (Å²) in [6.07, 6.45) is 0. The van der Waals surface area contributed by atoms with Crippen LogP contribution in [0.1, 0.15) is 51.1 Å². The zero-order valence-electron chi connectivity index (χ0n) is 12.7. The lowest BCUT2D eigenvalue weighted by Crippen LogP contribution is -2.52. The Hall–Kier alpha value is -0.380. The fourth-order valence-electron chi connectivity index (χ4n) is 2.82. The lowest BCUT2D eigenvalue weighted by atomic mass is 9.87. The molecule has 0 aliphatic heterocycles. The van der Waals surface area contributed by atoms with Crippen LogP contribution < -0.4 is 5.32 Å². The topological polar surface area (TPSA) is 15.3 Å². The molecule has 18 heavy (non-hydrogen) atoms. The van der Waals surface area contributed by atoms with Gasteiger partial charge in [-0.3, -0.25) is 4.90 Å². The molecule has 0 radical (unpaired) electrons. The van der Waals surface area contributed by atoms with Crippen LogP contribution in [-0.2, 0) is 0 Å². The Morgan fingerprint density at radius 3 is 2.28 bits per heavy atom. The maximum atomic E-state index is 3.67. The van der Waals surface area contributed by atoms with Crippen molar-refractivity contribution in [1.82, 2.24) is 10.2 Å². The van der Waals surface area contributed by atoms with Gasteiger partial charge in [0.05, 0.1) is 6.04 Å². The Morgan fingerprint density at radius 1 is 1.28 bits per heavy atom. The van der Waals surface area contributed by atoms with Crippen molar-refractivity contribution < 1.29 is 0 Å². The smallest absolute Gasteiger partial charge is 0.0510 e. The van der Waals surface area contributed by atoms with E-state index in [0.29, 0.717) is 6.04 Å². The zero-order chi connectivity index (χ0) is 13.8. The maximum absolute atomic E-state index is 3.67. The summed E-state index contributed by atoms with van der Waals surface area (Å²) in [6.45, 7) is 16.7. The molecule has 0 saturated carbocycles. The molecule has 104 valence electrons. The summed E-state index contributed by atoms with van der Waals surface area (Å²) < 4.78 is 0. The van der Waals surface area contributed by atoms with Crippen LogP contribution >= 0.6 is 11.3 Å². The highest BCUT2D eigenvalue weighted by molar-refractivity contribution is 7.10. The fraction of sp³-hybridized carbons (Fsp3) is 0.733. The second-order valence-corrected chi connectivity index (χ2v) is 6.42. The predicted molar refractivity (Wildman–Crippen MR) is 82.5 cm³/mol. The van der Waals surface area contributed by atoms with E-state index in [2.05, 4.69) is 63.2 Å². The van der Waals surface area contributed by atoms with Crippen molar-refractivity contribution in [3.05, 3.63) is 21.9 Å². The van der Waals surface area contributed by atoms with E-state index in [0.717, 1.165) is 19.6 Å². The van der Waals surface area contributed by atoms with Crippen molar-refractivity contribution in [3.63, 3.8) is 0 Å². The van der Waals surface area contributed by atoms with Crippen molar-refractivity contribution in [2.45, 2.75) is 53.1 Å². The van der Waals surface area contributed by atoms with Gasteiger partial charge in [0.1, 0.15) is 0 Å². The summed E-state index contributed by atoms with van der Waals surface area (Å²) >= 11 is 1.84. The molecule has 0 aliphatic rings. The van der Waals surface area contributed by atoms with E-state index >= 15 is 0 Å². The summed E-state index contributed by atoms with van der Waals surface area (Å²) in [5, 5.41) is 5.97. The lowest BCUT2D eigenvalue weighted by molar-refractivity contribution is 0.0920. The first-order valence-electron chi connectivity index (χ1n) is 7.00. The number of nitrogens with zero attached hydrogens (tertiary/aromatic N) is 1. The lowest BCUT2D eigenvalue weighted by Gasteiger charge is -2.43. The summed E-state index contributed by atoms with van der Waals surface area (Å²) in [5.41, 5.74) is 1.56. The van der Waals surface area contributed by atoms with Gasteiger partial charge in [0.25, 0.3) is 0 Å². The molecule has 0 bridgehead atoms. The van der Waals surface area contributed by atoms with E-state index in [-0.39, 0.29) is 5.54 Å². The molecule has 3 heteroatoms. The molecule has 0 spiro atoms. The molecule has 2 nitrogen and oxygen atoms in total. The maximum Gasteiger partial charge on any atom is 0.0510 e. The average molecular weight is 268 g/mol. The largest absolute Gasteiger partial charge is 0.309 e. The van der Waals surface area contributed by atoms with Gasteiger partial charge >= 0.3 is 0 Å². The molecule has 0 amide bonds. The van der Waals surface area contributed by atoms with Crippen LogP contribution in [0.4, 0.5) is 0 Å². The average Bonchev–Trinajstić information content (AvgIpc) is 2.73. The molecule has 0 saturated heterocycles.